The maximum Gasteiger partial charge on any atom is 0.224 e. The topological polar surface area (TPSA) is 66.5 Å². The molecule has 1 N–H and O–H groups in total. The zero-order valence-electron chi connectivity index (χ0n) is 19.7. The van der Waals surface area contributed by atoms with Crippen LogP contribution in [0.1, 0.15) is 60.0 Å². The Balaban J connectivity index is 1.57. The van der Waals surface area contributed by atoms with Crippen molar-refractivity contribution in [2.24, 2.45) is 5.92 Å². The van der Waals surface area contributed by atoms with Gasteiger partial charge in [-0.25, -0.2) is 12.7 Å². The lowest BCUT2D eigenvalue weighted by Gasteiger charge is -2.32. The molecular formula is C26H36N2O3S. The van der Waals surface area contributed by atoms with E-state index in [9.17, 15) is 13.2 Å². The van der Waals surface area contributed by atoms with Gasteiger partial charge in [-0.1, -0.05) is 42.5 Å². The average Bonchev–Trinajstić information content (AvgIpc) is 2.77. The fourth-order valence-corrected chi connectivity index (χ4v) is 6.08. The standard InChI is InChI=1S/C26H36N2O3S/c1-19-16-21(3)25(17-20(19)2)22(4)27-26(29)24-13-8-14-28(18-24)32(30,31)15-9-12-23-10-6-5-7-11-23/h5-7,10-11,16-17,22,24H,8-9,12-15,18H2,1-4H3,(H,27,29)/t22-,24-/m0/s1. The zero-order chi connectivity index (χ0) is 23.3. The highest BCUT2D eigenvalue weighted by Gasteiger charge is 2.32. The molecule has 0 aromatic heterocycles. The summed E-state index contributed by atoms with van der Waals surface area (Å²) in [6.07, 6.45) is 2.76. The molecule has 5 nitrogen and oxygen atoms in total. The smallest absolute Gasteiger partial charge is 0.224 e. The van der Waals surface area contributed by atoms with Crippen LogP contribution in [0.25, 0.3) is 0 Å². The Labute approximate surface area is 193 Å². The lowest BCUT2D eigenvalue weighted by molar-refractivity contribution is -0.126. The van der Waals surface area contributed by atoms with Crippen molar-refractivity contribution in [3.63, 3.8) is 0 Å². The third kappa shape index (κ3) is 6.20. The Hall–Kier alpha value is -2.18. The molecule has 2 atom stereocenters. The first-order valence-corrected chi connectivity index (χ1v) is 13.2. The van der Waals surface area contributed by atoms with Crippen LogP contribution in [-0.4, -0.2) is 37.5 Å². The molecule has 2 aromatic rings. The molecule has 0 aliphatic carbocycles. The molecule has 0 unspecified atom stereocenters. The third-order valence-corrected chi connectivity index (χ3v) is 8.49. The van der Waals surface area contributed by atoms with Crippen LogP contribution in [0.3, 0.4) is 0 Å². The second-order valence-corrected chi connectivity index (χ2v) is 11.2. The van der Waals surface area contributed by atoms with Crippen molar-refractivity contribution in [3.05, 3.63) is 70.3 Å². The van der Waals surface area contributed by atoms with Crippen LogP contribution in [0.15, 0.2) is 42.5 Å². The van der Waals surface area contributed by atoms with Crippen LogP contribution in [-0.2, 0) is 21.2 Å². The lowest BCUT2D eigenvalue weighted by Crippen LogP contribution is -2.46. The minimum atomic E-state index is -3.36. The van der Waals surface area contributed by atoms with Gasteiger partial charge in [0.25, 0.3) is 0 Å². The molecule has 0 bridgehead atoms. The number of aryl methyl sites for hydroxylation is 4. The van der Waals surface area contributed by atoms with Crippen molar-refractivity contribution in [2.45, 2.75) is 59.4 Å². The third-order valence-electron chi connectivity index (χ3n) is 6.57. The number of benzene rings is 2. The highest BCUT2D eigenvalue weighted by Crippen LogP contribution is 2.24. The van der Waals surface area contributed by atoms with E-state index in [1.165, 1.54) is 15.4 Å². The van der Waals surface area contributed by atoms with Crippen LogP contribution < -0.4 is 5.32 Å². The maximum atomic E-state index is 13.0. The van der Waals surface area contributed by atoms with E-state index in [-0.39, 0.29) is 30.2 Å². The lowest BCUT2D eigenvalue weighted by atomic mass is 9.95. The van der Waals surface area contributed by atoms with Crippen LogP contribution in [0.5, 0.6) is 0 Å². The summed E-state index contributed by atoms with van der Waals surface area (Å²) in [7, 11) is -3.36. The van der Waals surface area contributed by atoms with Gasteiger partial charge >= 0.3 is 0 Å². The Bertz CT molecular complexity index is 1030. The van der Waals surface area contributed by atoms with Crippen molar-refractivity contribution in [2.75, 3.05) is 18.8 Å². The Morgan fingerprint density at radius 3 is 2.50 bits per heavy atom. The van der Waals surface area contributed by atoms with Crippen molar-refractivity contribution in [3.8, 4) is 0 Å². The molecule has 1 heterocycles. The first-order chi connectivity index (χ1) is 15.2. The van der Waals surface area contributed by atoms with Gasteiger partial charge in [0, 0.05) is 13.1 Å². The number of carbonyl (C=O) groups excluding carboxylic acids is 1. The molecular weight excluding hydrogens is 420 g/mol. The van der Waals surface area contributed by atoms with E-state index < -0.39 is 10.0 Å². The summed E-state index contributed by atoms with van der Waals surface area (Å²) in [6.45, 7) is 9.01. The second-order valence-electron chi connectivity index (χ2n) is 9.13. The van der Waals surface area contributed by atoms with E-state index in [4.69, 9.17) is 0 Å². The monoisotopic (exact) mass is 456 g/mol. The van der Waals surface area contributed by atoms with E-state index in [0.717, 1.165) is 29.5 Å². The molecule has 2 aromatic carbocycles. The number of carbonyl (C=O) groups is 1. The van der Waals surface area contributed by atoms with Gasteiger partial charge in [0.1, 0.15) is 0 Å². The van der Waals surface area contributed by atoms with Crippen LogP contribution in [0, 0.1) is 26.7 Å². The van der Waals surface area contributed by atoms with E-state index >= 15 is 0 Å². The van der Waals surface area contributed by atoms with Gasteiger partial charge in [0.2, 0.25) is 15.9 Å². The molecule has 1 aliphatic heterocycles. The summed E-state index contributed by atoms with van der Waals surface area (Å²) < 4.78 is 27.3. The van der Waals surface area contributed by atoms with Gasteiger partial charge < -0.3 is 5.32 Å². The van der Waals surface area contributed by atoms with Crippen LogP contribution in [0.2, 0.25) is 0 Å². The minimum absolute atomic E-state index is 0.0562. The Morgan fingerprint density at radius 1 is 1.09 bits per heavy atom. The first-order valence-electron chi connectivity index (χ1n) is 11.6. The number of hydrogen-bond donors (Lipinski definition) is 1. The SMILES string of the molecule is Cc1cc(C)c([C@H](C)NC(=O)[C@H]2CCCN(S(=O)(=O)CCCc3ccccc3)C2)cc1C. The quantitative estimate of drug-likeness (QED) is 0.638. The highest BCUT2D eigenvalue weighted by molar-refractivity contribution is 7.89. The predicted octanol–water partition coefficient (Wildman–Crippen LogP) is 4.46. The van der Waals surface area contributed by atoms with Gasteiger partial charge in [0.05, 0.1) is 17.7 Å². The predicted molar refractivity (Wildman–Crippen MR) is 130 cm³/mol. The molecule has 0 spiro atoms. The maximum absolute atomic E-state index is 13.0. The number of piperidine rings is 1. The number of rotatable bonds is 8. The average molecular weight is 457 g/mol. The summed E-state index contributed by atoms with van der Waals surface area (Å²) in [5, 5.41) is 3.13. The molecule has 6 heteroatoms. The number of nitrogens with one attached hydrogen (secondary N) is 1. The molecule has 0 radical (unpaired) electrons. The van der Waals surface area contributed by atoms with Gasteiger partial charge in [-0.3, -0.25) is 4.79 Å². The molecule has 1 saturated heterocycles. The number of amides is 1. The van der Waals surface area contributed by atoms with Crippen molar-refractivity contribution < 1.29 is 13.2 Å². The van der Waals surface area contributed by atoms with Gasteiger partial charge in [-0.05, 0) is 81.2 Å². The molecule has 32 heavy (non-hydrogen) atoms. The summed E-state index contributed by atoms with van der Waals surface area (Å²) in [4.78, 5) is 13.0. The fraction of sp³-hybridized carbons (Fsp3) is 0.500. The first kappa shape index (κ1) is 24.5. The van der Waals surface area contributed by atoms with E-state index in [1.54, 1.807) is 0 Å². The second kappa shape index (κ2) is 10.6. The molecule has 1 aliphatic rings. The fourth-order valence-electron chi connectivity index (χ4n) is 4.50. The van der Waals surface area contributed by atoms with Crippen LogP contribution in [0.4, 0.5) is 0 Å². The Morgan fingerprint density at radius 2 is 1.78 bits per heavy atom. The number of sulfonamides is 1. The van der Waals surface area contributed by atoms with Crippen LogP contribution >= 0.6 is 0 Å². The largest absolute Gasteiger partial charge is 0.349 e. The summed E-state index contributed by atoms with van der Waals surface area (Å²) >= 11 is 0. The van der Waals surface area contributed by atoms with E-state index in [0.29, 0.717) is 19.4 Å². The molecule has 0 saturated carbocycles. The molecule has 1 amide bonds. The minimum Gasteiger partial charge on any atom is -0.349 e. The number of hydrogen-bond acceptors (Lipinski definition) is 3. The molecule has 174 valence electrons. The van der Waals surface area contributed by atoms with E-state index in [1.807, 2.05) is 37.3 Å². The summed E-state index contributed by atoms with van der Waals surface area (Å²) in [5.41, 5.74) is 5.87. The zero-order valence-corrected chi connectivity index (χ0v) is 20.5. The molecule has 1 fully saturated rings. The van der Waals surface area contributed by atoms with Crippen molar-refractivity contribution in [1.29, 1.82) is 0 Å². The van der Waals surface area contributed by atoms with Gasteiger partial charge in [-0.15, -0.1) is 0 Å². The van der Waals surface area contributed by atoms with Gasteiger partial charge in [-0.2, -0.15) is 0 Å². The van der Waals surface area contributed by atoms with Gasteiger partial charge in [0.15, 0.2) is 0 Å². The highest BCUT2D eigenvalue weighted by atomic mass is 32.2. The van der Waals surface area contributed by atoms with Crippen molar-refractivity contribution >= 4 is 15.9 Å². The number of nitrogens with zero attached hydrogens (tertiary/aromatic N) is 1. The Kier molecular flexibility index (Phi) is 8.12. The summed E-state index contributed by atoms with van der Waals surface area (Å²) in [5.74, 6) is -0.240. The van der Waals surface area contributed by atoms with E-state index in [2.05, 4.69) is 38.2 Å². The van der Waals surface area contributed by atoms with Crippen molar-refractivity contribution in [1.82, 2.24) is 9.62 Å². The normalized spacial score (nSPS) is 18.3. The summed E-state index contributed by atoms with van der Waals surface area (Å²) in [6, 6.07) is 14.1. The molecule has 3 rings (SSSR count).